The van der Waals surface area contributed by atoms with Crippen LogP contribution in [0.2, 0.25) is 0 Å². The van der Waals surface area contributed by atoms with E-state index in [1.807, 2.05) is 18.2 Å². The number of hydrogen-bond acceptors (Lipinski definition) is 5. The van der Waals surface area contributed by atoms with E-state index < -0.39 is 0 Å². The van der Waals surface area contributed by atoms with Gasteiger partial charge in [-0.3, -0.25) is 9.97 Å². The largest absolute Gasteiger partial charge is 0.353 e. The summed E-state index contributed by atoms with van der Waals surface area (Å²) in [5, 5.41) is 12.7. The standard InChI is InChI=1S/C23H17N6/c1-29(11-7-16-4-2-3-5-21(16)29)22-13-18(12-19-23(22)27-10-9-26-19)28-20-15-25-8-6-17(20)14-24/h2-13,15,28H,1H3/q+1. The second kappa shape index (κ2) is 6.51. The van der Waals surface area contributed by atoms with Crippen molar-refractivity contribution in [2.75, 3.05) is 12.4 Å². The minimum absolute atomic E-state index is 0.485. The van der Waals surface area contributed by atoms with Crippen LogP contribution in [0.1, 0.15) is 11.1 Å². The molecule has 0 spiro atoms. The summed E-state index contributed by atoms with van der Waals surface area (Å²) < 4.78 is 0.485. The SMILES string of the molecule is C[N+]1(c2cc(Nc3cnccc3C#N)cc3nccnc23)C=Cc2ccccc21. The van der Waals surface area contributed by atoms with E-state index in [0.29, 0.717) is 15.7 Å². The molecule has 0 radical (unpaired) electrons. The molecule has 29 heavy (non-hydrogen) atoms. The van der Waals surface area contributed by atoms with Gasteiger partial charge in [-0.1, -0.05) is 12.1 Å². The molecular formula is C23H17N6+. The molecule has 5 rings (SSSR count). The topological polar surface area (TPSA) is 74.5 Å². The highest BCUT2D eigenvalue weighted by Crippen LogP contribution is 2.44. The average molecular weight is 377 g/mol. The van der Waals surface area contributed by atoms with Gasteiger partial charge in [-0.25, -0.2) is 9.47 Å². The number of quaternary nitrogens is 1. The van der Waals surface area contributed by atoms with E-state index in [1.54, 1.807) is 30.9 Å². The van der Waals surface area contributed by atoms with E-state index in [-0.39, 0.29) is 0 Å². The molecule has 0 amide bonds. The maximum atomic E-state index is 9.39. The summed E-state index contributed by atoms with van der Waals surface area (Å²) in [7, 11) is 2.14. The molecule has 138 valence electrons. The maximum Gasteiger partial charge on any atom is 0.172 e. The molecule has 1 aliphatic rings. The predicted molar refractivity (Wildman–Crippen MR) is 115 cm³/mol. The fourth-order valence-corrected chi connectivity index (χ4v) is 3.80. The summed E-state index contributed by atoms with van der Waals surface area (Å²) in [6.07, 6.45) is 11.0. The van der Waals surface area contributed by atoms with Crippen molar-refractivity contribution in [2.45, 2.75) is 0 Å². The molecule has 6 heteroatoms. The van der Waals surface area contributed by atoms with Crippen molar-refractivity contribution in [2.24, 2.45) is 0 Å². The van der Waals surface area contributed by atoms with Gasteiger partial charge in [0.25, 0.3) is 0 Å². The van der Waals surface area contributed by atoms with Crippen molar-refractivity contribution < 1.29 is 0 Å². The Morgan fingerprint density at radius 1 is 1.00 bits per heavy atom. The van der Waals surface area contributed by atoms with Crippen molar-refractivity contribution in [1.82, 2.24) is 19.4 Å². The van der Waals surface area contributed by atoms with Gasteiger partial charge in [-0.15, -0.1) is 0 Å². The first-order valence-corrected chi connectivity index (χ1v) is 9.20. The quantitative estimate of drug-likeness (QED) is 0.514. The summed E-state index contributed by atoms with van der Waals surface area (Å²) in [5.74, 6) is 0. The first-order chi connectivity index (χ1) is 14.2. The van der Waals surface area contributed by atoms with Crippen LogP contribution in [0.15, 0.2) is 73.5 Å². The Morgan fingerprint density at radius 3 is 2.76 bits per heavy atom. The smallest absolute Gasteiger partial charge is 0.172 e. The van der Waals surface area contributed by atoms with E-state index in [2.05, 4.69) is 63.9 Å². The van der Waals surface area contributed by atoms with Crippen molar-refractivity contribution in [1.29, 1.82) is 5.26 Å². The molecule has 0 aliphatic carbocycles. The van der Waals surface area contributed by atoms with Crippen LogP contribution in [0.4, 0.5) is 22.7 Å². The Bertz CT molecular complexity index is 1320. The Balaban J connectivity index is 1.71. The molecule has 0 saturated heterocycles. The van der Waals surface area contributed by atoms with Crippen LogP contribution in [0.3, 0.4) is 0 Å². The molecule has 1 aliphatic heterocycles. The molecule has 6 nitrogen and oxygen atoms in total. The second-order valence-corrected chi connectivity index (χ2v) is 7.03. The van der Waals surface area contributed by atoms with Gasteiger partial charge in [-0.05, 0) is 18.2 Å². The van der Waals surface area contributed by atoms with E-state index in [1.165, 1.54) is 11.3 Å². The lowest BCUT2D eigenvalue weighted by atomic mass is 10.1. The van der Waals surface area contributed by atoms with E-state index in [4.69, 9.17) is 0 Å². The van der Waals surface area contributed by atoms with Crippen molar-refractivity contribution in [3.63, 3.8) is 0 Å². The van der Waals surface area contributed by atoms with Crippen LogP contribution < -0.4 is 9.80 Å². The molecule has 0 fully saturated rings. The van der Waals surface area contributed by atoms with Gasteiger partial charge < -0.3 is 5.32 Å². The summed E-state index contributed by atoms with van der Waals surface area (Å²) in [6, 6.07) is 16.2. The maximum absolute atomic E-state index is 9.39. The van der Waals surface area contributed by atoms with Crippen LogP contribution >= 0.6 is 0 Å². The normalized spacial score (nSPS) is 17.1. The van der Waals surface area contributed by atoms with E-state index in [9.17, 15) is 5.26 Å². The third-order valence-corrected chi connectivity index (χ3v) is 5.26. The number of pyridine rings is 1. The van der Waals surface area contributed by atoms with Crippen LogP contribution in [0.25, 0.3) is 17.1 Å². The molecular weight excluding hydrogens is 360 g/mol. The lowest BCUT2D eigenvalue weighted by Crippen LogP contribution is -2.31. The fraction of sp³-hybridized carbons (Fsp3) is 0.0435. The summed E-state index contributed by atoms with van der Waals surface area (Å²) in [5.41, 5.74) is 7.01. The molecule has 2 aromatic heterocycles. The summed E-state index contributed by atoms with van der Waals surface area (Å²) >= 11 is 0. The highest BCUT2D eigenvalue weighted by molar-refractivity contribution is 5.95. The van der Waals surface area contributed by atoms with Crippen molar-refractivity contribution >= 4 is 39.9 Å². The number of aromatic nitrogens is 3. The number of nitriles is 1. The van der Waals surface area contributed by atoms with Gasteiger partial charge in [0.1, 0.15) is 18.0 Å². The summed E-state index contributed by atoms with van der Waals surface area (Å²) in [6.45, 7) is 0. The van der Waals surface area contributed by atoms with Crippen LogP contribution in [-0.4, -0.2) is 22.0 Å². The molecule has 1 atom stereocenters. The first-order valence-electron chi connectivity index (χ1n) is 9.20. The van der Waals surface area contributed by atoms with Gasteiger partial charge in [0.05, 0.1) is 30.0 Å². The zero-order valence-electron chi connectivity index (χ0n) is 15.7. The van der Waals surface area contributed by atoms with Gasteiger partial charge in [0.15, 0.2) is 11.2 Å². The Hall–Kier alpha value is -4.08. The third kappa shape index (κ3) is 2.73. The van der Waals surface area contributed by atoms with E-state index >= 15 is 0 Å². The highest BCUT2D eigenvalue weighted by Gasteiger charge is 2.35. The number of hydrogen-bond donors (Lipinski definition) is 1. The van der Waals surface area contributed by atoms with E-state index in [0.717, 1.165) is 22.4 Å². The molecule has 1 unspecified atom stereocenters. The molecule has 0 bridgehead atoms. The molecule has 0 saturated carbocycles. The first kappa shape index (κ1) is 17.0. The number of nitrogens with zero attached hydrogens (tertiary/aromatic N) is 5. The van der Waals surface area contributed by atoms with Crippen LogP contribution in [0, 0.1) is 11.3 Å². The lowest BCUT2D eigenvalue weighted by Gasteiger charge is -2.28. The Labute approximate surface area is 168 Å². The molecule has 3 heterocycles. The Kier molecular flexibility index (Phi) is 3.83. The molecule has 4 aromatic rings. The molecule has 2 aromatic carbocycles. The minimum Gasteiger partial charge on any atom is -0.353 e. The zero-order valence-corrected chi connectivity index (χ0v) is 15.7. The second-order valence-electron chi connectivity index (χ2n) is 7.03. The number of para-hydroxylation sites is 1. The monoisotopic (exact) mass is 377 g/mol. The molecule has 1 N–H and O–H groups in total. The number of anilines is 2. The summed E-state index contributed by atoms with van der Waals surface area (Å²) in [4.78, 5) is 13.3. The van der Waals surface area contributed by atoms with Crippen molar-refractivity contribution in [3.05, 3.63) is 84.6 Å². The number of nitrogens with one attached hydrogen (secondary N) is 1. The number of rotatable bonds is 3. The van der Waals surface area contributed by atoms with Crippen LogP contribution in [-0.2, 0) is 0 Å². The number of fused-ring (bicyclic) bond motifs is 2. The average Bonchev–Trinajstić information content (AvgIpc) is 3.11. The lowest BCUT2D eigenvalue weighted by molar-refractivity contribution is 0.628. The van der Waals surface area contributed by atoms with Gasteiger partial charge >= 0.3 is 0 Å². The zero-order chi connectivity index (χ0) is 19.8. The minimum atomic E-state index is 0.485. The van der Waals surface area contributed by atoms with Gasteiger partial charge in [0.2, 0.25) is 0 Å². The third-order valence-electron chi connectivity index (χ3n) is 5.26. The van der Waals surface area contributed by atoms with Gasteiger partial charge in [-0.2, -0.15) is 5.26 Å². The predicted octanol–water partition coefficient (Wildman–Crippen LogP) is 4.89. The van der Waals surface area contributed by atoms with Crippen molar-refractivity contribution in [3.8, 4) is 6.07 Å². The van der Waals surface area contributed by atoms with Crippen LogP contribution in [0.5, 0.6) is 0 Å². The number of benzene rings is 2. The highest BCUT2D eigenvalue weighted by atomic mass is 15.3. The van der Waals surface area contributed by atoms with Gasteiger partial charge in [0, 0.05) is 48.1 Å². The fourth-order valence-electron chi connectivity index (χ4n) is 3.80. The Morgan fingerprint density at radius 2 is 1.86 bits per heavy atom.